The van der Waals surface area contributed by atoms with Crippen LogP contribution >= 0.6 is 0 Å². The predicted molar refractivity (Wildman–Crippen MR) is 67.4 cm³/mol. The van der Waals surface area contributed by atoms with Crippen molar-refractivity contribution in [2.75, 3.05) is 6.54 Å². The number of nitrogens with zero attached hydrogens (tertiary/aromatic N) is 1. The standard InChI is InChI=1S/C15H19N/c1-2-5-13(6-3-1)11-12-16-14-7-4-8-15(16)10-9-14/h1-7,14-15H,8-12H2/t14-,15+/m0/s1. The van der Waals surface area contributed by atoms with Gasteiger partial charge in [-0.1, -0.05) is 42.5 Å². The lowest BCUT2D eigenvalue weighted by Crippen LogP contribution is -2.38. The third kappa shape index (κ3) is 1.92. The highest BCUT2D eigenvalue weighted by molar-refractivity contribution is 5.16. The first-order valence-corrected chi connectivity index (χ1v) is 6.40. The minimum absolute atomic E-state index is 0.738. The highest BCUT2D eigenvalue weighted by Crippen LogP contribution is 2.31. The number of rotatable bonds is 3. The van der Waals surface area contributed by atoms with E-state index in [-0.39, 0.29) is 0 Å². The highest BCUT2D eigenvalue weighted by atomic mass is 15.2. The van der Waals surface area contributed by atoms with E-state index >= 15 is 0 Å². The summed E-state index contributed by atoms with van der Waals surface area (Å²) in [7, 11) is 0. The molecule has 0 aliphatic carbocycles. The summed E-state index contributed by atoms with van der Waals surface area (Å²) in [4.78, 5) is 2.70. The van der Waals surface area contributed by atoms with Gasteiger partial charge in [0.15, 0.2) is 0 Å². The van der Waals surface area contributed by atoms with Crippen molar-refractivity contribution in [3.63, 3.8) is 0 Å². The summed E-state index contributed by atoms with van der Waals surface area (Å²) in [5, 5.41) is 0. The topological polar surface area (TPSA) is 3.24 Å². The Balaban J connectivity index is 1.62. The van der Waals surface area contributed by atoms with Crippen LogP contribution in [0, 0.1) is 0 Å². The molecule has 0 aromatic heterocycles. The molecule has 2 heterocycles. The van der Waals surface area contributed by atoms with Crippen molar-refractivity contribution in [3.05, 3.63) is 48.0 Å². The fraction of sp³-hybridized carbons (Fsp3) is 0.467. The minimum atomic E-state index is 0.738. The van der Waals surface area contributed by atoms with Gasteiger partial charge < -0.3 is 0 Å². The van der Waals surface area contributed by atoms with Crippen molar-refractivity contribution in [3.8, 4) is 0 Å². The zero-order valence-electron chi connectivity index (χ0n) is 9.68. The van der Waals surface area contributed by atoms with E-state index in [0.29, 0.717) is 0 Å². The Morgan fingerprint density at radius 2 is 2.00 bits per heavy atom. The van der Waals surface area contributed by atoms with Crippen LogP contribution in [0.15, 0.2) is 42.5 Å². The molecule has 1 aromatic carbocycles. The van der Waals surface area contributed by atoms with Crippen molar-refractivity contribution in [1.82, 2.24) is 4.90 Å². The van der Waals surface area contributed by atoms with E-state index < -0.39 is 0 Å². The molecule has 2 bridgehead atoms. The Morgan fingerprint density at radius 3 is 2.81 bits per heavy atom. The second-order valence-electron chi connectivity index (χ2n) is 4.94. The zero-order valence-corrected chi connectivity index (χ0v) is 9.68. The molecule has 0 spiro atoms. The lowest BCUT2D eigenvalue weighted by atomic mass is 10.1. The molecule has 0 amide bonds. The van der Waals surface area contributed by atoms with E-state index in [0.717, 1.165) is 12.1 Å². The van der Waals surface area contributed by atoms with E-state index in [1.165, 1.54) is 37.8 Å². The van der Waals surface area contributed by atoms with Crippen LogP contribution < -0.4 is 0 Å². The Labute approximate surface area is 97.8 Å². The molecule has 0 radical (unpaired) electrons. The Morgan fingerprint density at radius 1 is 1.12 bits per heavy atom. The SMILES string of the molecule is C1=C[C@H]2CC[C@@H](C1)N2CCc1ccccc1. The smallest absolute Gasteiger partial charge is 0.0281 e. The monoisotopic (exact) mass is 213 g/mol. The van der Waals surface area contributed by atoms with Crippen molar-refractivity contribution >= 4 is 0 Å². The van der Waals surface area contributed by atoms with Gasteiger partial charge in [-0.3, -0.25) is 4.90 Å². The largest absolute Gasteiger partial charge is 0.293 e. The van der Waals surface area contributed by atoms with Gasteiger partial charge in [0.25, 0.3) is 0 Å². The van der Waals surface area contributed by atoms with E-state index in [1.54, 1.807) is 0 Å². The molecule has 3 rings (SSSR count). The average Bonchev–Trinajstić information content (AvgIpc) is 2.57. The number of fused-ring (bicyclic) bond motifs is 2. The molecule has 1 nitrogen and oxygen atoms in total. The fourth-order valence-corrected chi connectivity index (χ4v) is 3.07. The third-order valence-electron chi connectivity index (χ3n) is 3.96. The maximum Gasteiger partial charge on any atom is 0.0281 e. The summed E-state index contributed by atoms with van der Waals surface area (Å²) in [6.45, 7) is 1.23. The first-order chi connectivity index (χ1) is 7.93. The molecule has 2 aliphatic heterocycles. The summed E-state index contributed by atoms with van der Waals surface area (Å²) in [6.07, 6.45) is 10.0. The van der Waals surface area contributed by atoms with Crippen molar-refractivity contribution < 1.29 is 0 Å². The normalized spacial score (nSPS) is 28.5. The van der Waals surface area contributed by atoms with Crippen LogP contribution in [0.4, 0.5) is 0 Å². The van der Waals surface area contributed by atoms with Crippen LogP contribution in [0.2, 0.25) is 0 Å². The third-order valence-corrected chi connectivity index (χ3v) is 3.96. The minimum Gasteiger partial charge on any atom is -0.293 e. The molecule has 0 N–H and O–H groups in total. The molecule has 16 heavy (non-hydrogen) atoms. The summed E-state index contributed by atoms with van der Waals surface area (Å²) >= 11 is 0. The van der Waals surface area contributed by atoms with E-state index in [1.807, 2.05) is 0 Å². The van der Waals surface area contributed by atoms with Gasteiger partial charge in [0.1, 0.15) is 0 Å². The van der Waals surface area contributed by atoms with E-state index in [4.69, 9.17) is 0 Å². The number of hydrogen-bond acceptors (Lipinski definition) is 1. The van der Waals surface area contributed by atoms with Gasteiger partial charge in [-0.2, -0.15) is 0 Å². The quantitative estimate of drug-likeness (QED) is 0.698. The fourth-order valence-electron chi connectivity index (χ4n) is 3.07. The van der Waals surface area contributed by atoms with Gasteiger partial charge in [-0.25, -0.2) is 0 Å². The molecular formula is C15H19N. The zero-order chi connectivity index (χ0) is 10.8. The average molecular weight is 213 g/mol. The van der Waals surface area contributed by atoms with Crippen LogP contribution in [0.5, 0.6) is 0 Å². The first kappa shape index (κ1) is 10.1. The summed E-state index contributed by atoms with van der Waals surface area (Å²) < 4.78 is 0. The van der Waals surface area contributed by atoms with E-state index in [2.05, 4.69) is 47.4 Å². The van der Waals surface area contributed by atoms with Crippen LogP contribution in [-0.4, -0.2) is 23.5 Å². The van der Waals surface area contributed by atoms with Crippen LogP contribution in [0.25, 0.3) is 0 Å². The predicted octanol–water partition coefficient (Wildman–Crippen LogP) is 3.02. The second-order valence-corrected chi connectivity index (χ2v) is 4.94. The summed E-state index contributed by atoms with van der Waals surface area (Å²) in [6, 6.07) is 12.4. The molecule has 1 aromatic rings. The molecular weight excluding hydrogens is 194 g/mol. The van der Waals surface area contributed by atoms with E-state index in [9.17, 15) is 0 Å². The van der Waals surface area contributed by atoms with Gasteiger partial charge in [0.2, 0.25) is 0 Å². The molecule has 1 heteroatoms. The Kier molecular flexibility index (Phi) is 2.79. The van der Waals surface area contributed by atoms with Crippen molar-refractivity contribution in [2.45, 2.75) is 37.8 Å². The van der Waals surface area contributed by atoms with Crippen molar-refractivity contribution in [1.29, 1.82) is 0 Å². The van der Waals surface area contributed by atoms with Crippen molar-refractivity contribution in [2.24, 2.45) is 0 Å². The maximum absolute atomic E-state index is 2.70. The molecule has 1 fully saturated rings. The number of hydrogen-bond donors (Lipinski definition) is 0. The Hall–Kier alpha value is -1.08. The molecule has 2 atom stereocenters. The van der Waals surface area contributed by atoms with Crippen LogP contribution in [-0.2, 0) is 6.42 Å². The van der Waals surface area contributed by atoms with Gasteiger partial charge in [0, 0.05) is 18.6 Å². The first-order valence-electron chi connectivity index (χ1n) is 6.40. The van der Waals surface area contributed by atoms with Crippen LogP contribution in [0.3, 0.4) is 0 Å². The van der Waals surface area contributed by atoms with Gasteiger partial charge in [-0.15, -0.1) is 0 Å². The molecule has 84 valence electrons. The highest BCUT2D eigenvalue weighted by Gasteiger charge is 2.32. The molecule has 0 saturated carbocycles. The lowest BCUT2D eigenvalue weighted by molar-refractivity contribution is 0.212. The molecule has 1 saturated heterocycles. The second kappa shape index (κ2) is 4.42. The number of benzene rings is 1. The van der Waals surface area contributed by atoms with Gasteiger partial charge in [-0.05, 0) is 31.2 Å². The van der Waals surface area contributed by atoms with Gasteiger partial charge in [0.05, 0.1) is 0 Å². The lowest BCUT2D eigenvalue weighted by Gasteiger charge is -2.31. The Bertz CT molecular complexity index is 368. The summed E-state index contributed by atoms with van der Waals surface area (Å²) in [5.41, 5.74) is 1.47. The summed E-state index contributed by atoms with van der Waals surface area (Å²) in [5.74, 6) is 0. The van der Waals surface area contributed by atoms with Gasteiger partial charge >= 0.3 is 0 Å². The van der Waals surface area contributed by atoms with Crippen LogP contribution in [0.1, 0.15) is 24.8 Å². The maximum atomic E-state index is 2.70. The molecule has 0 unspecified atom stereocenters. The molecule has 2 aliphatic rings.